The van der Waals surface area contributed by atoms with E-state index in [-0.39, 0.29) is 11.5 Å². The Bertz CT molecular complexity index is 881. The molecule has 2 aromatic rings. The van der Waals surface area contributed by atoms with Crippen LogP contribution in [0.1, 0.15) is 52.9 Å². The number of carbonyl (C=O) groups is 3. The number of ketones is 2. The van der Waals surface area contributed by atoms with E-state index in [1.807, 2.05) is 0 Å². The fourth-order valence-electron chi connectivity index (χ4n) is 2.77. The molecule has 0 saturated heterocycles. The lowest BCUT2D eigenvalue weighted by molar-refractivity contribution is -0.158. The summed E-state index contributed by atoms with van der Waals surface area (Å²) in [5.41, 5.74) is 0.452. The molecule has 0 saturated carbocycles. The zero-order valence-electron chi connectivity index (χ0n) is 15.9. The van der Waals surface area contributed by atoms with Gasteiger partial charge in [-0.25, -0.2) is 9.18 Å². The Kier molecular flexibility index (Phi) is 5.83. The molecular formula is C20H22FNO5. The molecule has 2 rings (SSSR count). The summed E-state index contributed by atoms with van der Waals surface area (Å²) in [5, 5.41) is 0. The van der Waals surface area contributed by atoms with Crippen LogP contribution in [0.4, 0.5) is 4.39 Å². The summed E-state index contributed by atoms with van der Waals surface area (Å²) in [6.07, 6.45) is 0. The van der Waals surface area contributed by atoms with Gasteiger partial charge in [-0.15, -0.1) is 0 Å². The van der Waals surface area contributed by atoms with Crippen molar-refractivity contribution in [2.75, 3.05) is 6.61 Å². The summed E-state index contributed by atoms with van der Waals surface area (Å²) in [6.45, 7) is 7.27. The number of hydrogen-bond donors (Lipinski definition) is 1. The zero-order chi connectivity index (χ0) is 20.4. The van der Waals surface area contributed by atoms with Gasteiger partial charge >= 0.3 is 5.97 Å². The first-order valence-electron chi connectivity index (χ1n) is 8.38. The molecule has 0 bridgehead atoms. The maximum atomic E-state index is 13.0. The van der Waals surface area contributed by atoms with Crippen molar-refractivity contribution in [3.05, 3.63) is 52.6 Å². The molecular weight excluding hydrogens is 353 g/mol. The van der Waals surface area contributed by atoms with Gasteiger partial charge in [0.15, 0.2) is 18.0 Å². The number of ether oxygens (including phenoxy) is 2. The summed E-state index contributed by atoms with van der Waals surface area (Å²) in [7, 11) is 0. The smallest absolute Gasteiger partial charge is 0.350 e. The average Bonchev–Trinajstić information content (AvgIpc) is 2.88. The van der Waals surface area contributed by atoms with E-state index in [1.54, 1.807) is 13.8 Å². The zero-order valence-corrected chi connectivity index (χ0v) is 15.9. The van der Waals surface area contributed by atoms with Crippen LogP contribution in [-0.2, 0) is 9.53 Å². The second-order valence-electron chi connectivity index (χ2n) is 6.75. The van der Waals surface area contributed by atoms with E-state index in [1.165, 1.54) is 45.0 Å². The first-order valence-corrected chi connectivity index (χ1v) is 8.38. The normalized spacial score (nSPS) is 11.2. The Morgan fingerprint density at radius 2 is 1.70 bits per heavy atom. The maximum Gasteiger partial charge on any atom is 0.350 e. The van der Waals surface area contributed by atoms with Gasteiger partial charge in [0.25, 0.3) is 0 Å². The highest BCUT2D eigenvalue weighted by atomic mass is 19.1. The number of H-pyrrole nitrogens is 1. The summed E-state index contributed by atoms with van der Waals surface area (Å²) in [5.74, 6) is -1.46. The number of carbonyl (C=O) groups excluding carboxylic acids is 3. The number of Topliss-reactive ketones (excluding diaryl/α,β-unsaturated/α-hetero) is 2. The van der Waals surface area contributed by atoms with Gasteiger partial charge in [-0.05, 0) is 64.4 Å². The van der Waals surface area contributed by atoms with Crippen molar-refractivity contribution in [2.45, 2.75) is 40.2 Å². The lowest BCUT2D eigenvalue weighted by Crippen LogP contribution is -2.40. The van der Waals surface area contributed by atoms with E-state index in [0.717, 1.165) is 0 Å². The predicted molar refractivity (Wildman–Crippen MR) is 96.7 cm³/mol. The minimum Gasteiger partial charge on any atom is -0.476 e. The van der Waals surface area contributed by atoms with Crippen molar-refractivity contribution >= 4 is 17.5 Å². The highest BCUT2D eigenvalue weighted by Gasteiger charge is 2.33. The summed E-state index contributed by atoms with van der Waals surface area (Å²) in [6, 6.07) is 5.21. The van der Waals surface area contributed by atoms with Crippen molar-refractivity contribution in [3.8, 4) is 5.75 Å². The molecule has 0 aliphatic carbocycles. The molecule has 7 heteroatoms. The van der Waals surface area contributed by atoms with Crippen LogP contribution in [0.25, 0.3) is 0 Å². The minimum atomic E-state index is -1.37. The number of halogens is 1. The standard InChI is InChI=1S/C20H22FNO5/c1-11-17(13(3)23)12(2)22-18(11)16(24)10-26-19(25)20(4,5)27-15-8-6-14(21)7-9-15/h6-9,22H,10H2,1-5H3. The third-order valence-corrected chi connectivity index (χ3v) is 4.08. The molecule has 6 nitrogen and oxygen atoms in total. The first-order chi connectivity index (χ1) is 12.5. The molecule has 0 aliphatic heterocycles. The molecule has 1 N–H and O–H groups in total. The number of nitrogens with one attached hydrogen (secondary N) is 1. The van der Waals surface area contributed by atoms with Gasteiger partial charge in [-0.1, -0.05) is 0 Å². The van der Waals surface area contributed by atoms with E-state index in [4.69, 9.17) is 9.47 Å². The number of esters is 1. The largest absolute Gasteiger partial charge is 0.476 e. The lowest BCUT2D eigenvalue weighted by atomic mass is 10.1. The molecule has 1 aromatic heterocycles. The number of benzene rings is 1. The second-order valence-corrected chi connectivity index (χ2v) is 6.75. The lowest BCUT2D eigenvalue weighted by Gasteiger charge is -2.24. The van der Waals surface area contributed by atoms with E-state index in [0.29, 0.717) is 22.6 Å². The Morgan fingerprint density at radius 3 is 2.22 bits per heavy atom. The Hall–Kier alpha value is -2.96. The van der Waals surface area contributed by atoms with Gasteiger partial charge in [0, 0.05) is 11.3 Å². The highest BCUT2D eigenvalue weighted by Crippen LogP contribution is 2.21. The predicted octanol–water partition coefficient (Wildman–Crippen LogP) is 3.56. The molecule has 0 radical (unpaired) electrons. The molecule has 0 fully saturated rings. The van der Waals surface area contributed by atoms with Crippen molar-refractivity contribution in [3.63, 3.8) is 0 Å². The first kappa shape index (κ1) is 20.4. The van der Waals surface area contributed by atoms with Crippen LogP contribution in [0.15, 0.2) is 24.3 Å². The molecule has 0 unspecified atom stereocenters. The molecule has 1 aromatic carbocycles. The number of aromatic amines is 1. The molecule has 0 atom stereocenters. The molecule has 0 aliphatic rings. The van der Waals surface area contributed by atoms with Crippen LogP contribution < -0.4 is 4.74 Å². The molecule has 27 heavy (non-hydrogen) atoms. The monoisotopic (exact) mass is 375 g/mol. The quantitative estimate of drug-likeness (QED) is 0.591. The van der Waals surface area contributed by atoms with Crippen LogP contribution in [0, 0.1) is 19.7 Å². The summed E-state index contributed by atoms with van der Waals surface area (Å²) < 4.78 is 23.6. The molecule has 1 heterocycles. The number of aromatic nitrogens is 1. The van der Waals surface area contributed by atoms with Gasteiger partial charge in [-0.2, -0.15) is 0 Å². The Balaban J connectivity index is 2.03. The number of rotatable bonds is 7. The van der Waals surface area contributed by atoms with Gasteiger partial charge in [0.2, 0.25) is 5.78 Å². The van der Waals surface area contributed by atoms with Crippen LogP contribution in [-0.4, -0.2) is 34.7 Å². The third-order valence-electron chi connectivity index (χ3n) is 4.08. The van der Waals surface area contributed by atoms with Crippen molar-refractivity contribution in [1.29, 1.82) is 0 Å². The number of hydrogen-bond acceptors (Lipinski definition) is 5. The fraction of sp³-hybridized carbons (Fsp3) is 0.350. The van der Waals surface area contributed by atoms with Gasteiger partial charge in [-0.3, -0.25) is 9.59 Å². The minimum absolute atomic E-state index is 0.147. The van der Waals surface area contributed by atoms with Crippen LogP contribution in [0.3, 0.4) is 0 Å². The van der Waals surface area contributed by atoms with E-state index < -0.39 is 29.8 Å². The van der Waals surface area contributed by atoms with Gasteiger partial charge in [0.1, 0.15) is 11.6 Å². The average molecular weight is 375 g/mol. The third kappa shape index (κ3) is 4.61. The van der Waals surface area contributed by atoms with E-state index in [9.17, 15) is 18.8 Å². The van der Waals surface area contributed by atoms with Crippen molar-refractivity contribution in [1.82, 2.24) is 4.98 Å². The van der Waals surface area contributed by atoms with E-state index >= 15 is 0 Å². The SMILES string of the molecule is CC(=O)c1c(C)[nH]c(C(=O)COC(=O)C(C)(C)Oc2ccc(F)cc2)c1C. The fourth-order valence-corrected chi connectivity index (χ4v) is 2.77. The topological polar surface area (TPSA) is 85.5 Å². The van der Waals surface area contributed by atoms with Gasteiger partial charge < -0.3 is 14.5 Å². The molecule has 0 spiro atoms. The second kappa shape index (κ2) is 7.73. The van der Waals surface area contributed by atoms with E-state index in [2.05, 4.69) is 4.98 Å². The summed E-state index contributed by atoms with van der Waals surface area (Å²) >= 11 is 0. The molecule has 144 valence electrons. The summed E-state index contributed by atoms with van der Waals surface area (Å²) in [4.78, 5) is 39.2. The Labute approximate surface area is 156 Å². The highest BCUT2D eigenvalue weighted by molar-refractivity contribution is 6.04. The van der Waals surface area contributed by atoms with Crippen LogP contribution in [0.2, 0.25) is 0 Å². The van der Waals surface area contributed by atoms with Crippen molar-refractivity contribution < 1.29 is 28.2 Å². The van der Waals surface area contributed by atoms with Crippen LogP contribution in [0.5, 0.6) is 5.75 Å². The van der Waals surface area contributed by atoms with Crippen molar-refractivity contribution in [2.24, 2.45) is 0 Å². The maximum absolute atomic E-state index is 13.0. The number of aryl methyl sites for hydroxylation is 1. The molecule has 0 amide bonds. The van der Waals surface area contributed by atoms with Crippen LogP contribution >= 0.6 is 0 Å². The van der Waals surface area contributed by atoms with Gasteiger partial charge in [0.05, 0.1) is 5.69 Å². The Morgan fingerprint density at radius 1 is 1.11 bits per heavy atom.